The summed E-state index contributed by atoms with van der Waals surface area (Å²) in [7, 11) is 3.11. The summed E-state index contributed by atoms with van der Waals surface area (Å²) < 4.78 is 11.4. The Morgan fingerprint density at radius 3 is 1.76 bits per heavy atom. The van der Waals surface area contributed by atoms with E-state index in [9.17, 15) is 9.59 Å². The molecule has 0 spiro atoms. The number of nitrogens with zero attached hydrogens (tertiary/aromatic N) is 2. The molecule has 1 fully saturated rings. The molecule has 4 aliphatic rings. The van der Waals surface area contributed by atoms with Crippen LogP contribution in [0.15, 0.2) is 70.2 Å². The smallest absolute Gasteiger partial charge is 0.254 e. The molecular formula is C27H21BrN2O4. The van der Waals surface area contributed by atoms with Gasteiger partial charge in [0, 0.05) is 11.8 Å². The molecule has 2 atom stereocenters. The number of carbonyl (C=O) groups excluding carboxylic acids is 2. The maximum Gasteiger partial charge on any atom is 0.254 e. The lowest BCUT2D eigenvalue weighted by atomic mass is 9.55. The van der Waals surface area contributed by atoms with E-state index in [1.807, 2.05) is 24.3 Å². The third kappa shape index (κ3) is 2.83. The molecule has 3 aromatic rings. The minimum atomic E-state index is -0.448. The third-order valence-corrected chi connectivity index (χ3v) is 7.79. The number of hydrogen-bond donors (Lipinski definition) is 0. The number of benzene rings is 3. The lowest BCUT2D eigenvalue weighted by molar-refractivity contribution is -0.139. The van der Waals surface area contributed by atoms with Gasteiger partial charge >= 0.3 is 0 Å². The van der Waals surface area contributed by atoms with Crippen LogP contribution in [0.4, 0.5) is 0 Å². The predicted molar refractivity (Wildman–Crippen MR) is 130 cm³/mol. The van der Waals surface area contributed by atoms with Gasteiger partial charge in [0.05, 0.1) is 36.7 Å². The summed E-state index contributed by atoms with van der Waals surface area (Å²) in [6.45, 7) is 0. The first-order valence-electron chi connectivity index (χ1n) is 11.1. The zero-order chi connectivity index (χ0) is 23.6. The van der Waals surface area contributed by atoms with Gasteiger partial charge in [0.25, 0.3) is 11.8 Å². The highest BCUT2D eigenvalue weighted by Gasteiger charge is 2.61. The lowest BCUT2D eigenvalue weighted by Gasteiger charge is -2.45. The molecule has 3 aromatic carbocycles. The van der Waals surface area contributed by atoms with E-state index >= 15 is 0 Å². The molecule has 1 saturated heterocycles. The molecule has 2 amide bonds. The van der Waals surface area contributed by atoms with Crippen LogP contribution in [0.2, 0.25) is 0 Å². The van der Waals surface area contributed by atoms with Crippen LogP contribution in [0.5, 0.6) is 11.5 Å². The van der Waals surface area contributed by atoms with Crippen LogP contribution in [0.25, 0.3) is 0 Å². The molecular weight excluding hydrogens is 496 g/mol. The van der Waals surface area contributed by atoms with Gasteiger partial charge in [-0.2, -0.15) is 10.1 Å². The average Bonchev–Trinajstić information content (AvgIpc) is 3.12. The molecule has 2 bridgehead atoms. The van der Waals surface area contributed by atoms with Crippen LogP contribution in [0, 0.1) is 11.8 Å². The molecule has 0 unspecified atom stereocenters. The van der Waals surface area contributed by atoms with Crippen molar-refractivity contribution in [1.82, 2.24) is 5.01 Å². The first kappa shape index (κ1) is 21.1. The summed E-state index contributed by atoms with van der Waals surface area (Å²) in [6, 6.07) is 19.9. The second-order valence-electron chi connectivity index (χ2n) is 8.74. The monoisotopic (exact) mass is 516 g/mol. The van der Waals surface area contributed by atoms with Gasteiger partial charge in [0.1, 0.15) is 0 Å². The molecule has 0 aromatic heterocycles. The van der Waals surface area contributed by atoms with E-state index in [1.165, 1.54) is 6.21 Å². The van der Waals surface area contributed by atoms with Crippen molar-refractivity contribution >= 4 is 34.0 Å². The predicted octanol–water partition coefficient (Wildman–Crippen LogP) is 4.69. The van der Waals surface area contributed by atoms with E-state index in [4.69, 9.17) is 9.47 Å². The topological polar surface area (TPSA) is 68.2 Å². The van der Waals surface area contributed by atoms with Crippen molar-refractivity contribution in [2.45, 2.75) is 11.8 Å². The van der Waals surface area contributed by atoms with Crippen molar-refractivity contribution in [3.05, 3.63) is 93.0 Å². The van der Waals surface area contributed by atoms with Crippen molar-refractivity contribution in [3.63, 3.8) is 0 Å². The average molecular weight is 517 g/mol. The third-order valence-electron chi connectivity index (χ3n) is 7.20. The Kier molecular flexibility index (Phi) is 4.85. The first-order chi connectivity index (χ1) is 16.5. The number of hydrogen-bond acceptors (Lipinski definition) is 5. The van der Waals surface area contributed by atoms with E-state index in [0.717, 1.165) is 27.3 Å². The molecule has 170 valence electrons. The Labute approximate surface area is 205 Å². The molecule has 3 aliphatic carbocycles. The maximum absolute atomic E-state index is 13.6. The molecule has 0 N–H and O–H groups in total. The van der Waals surface area contributed by atoms with Gasteiger partial charge in [-0.15, -0.1) is 0 Å². The van der Waals surface area contributed by atoms with E-state index in [2.05, 4.69) is 45.3 Å². The quantitative estimate of drug-likeness (QED) is 0.372. The van der Waals surface area contributed by atoms with Crippen LogP contribution >= 0.6 is 15.9 Å². The summed E-state index contributed by atoms with van der Waals surface area (Å²) in [5.41, 5.74) is 5.24. The summed E-state index contributed by atoms with van der Waals surface area (Å²) in [4.78, 5) is 27.2. The van der Waals surface area contributed by atoms with Gasteiger partial charge in [-0.1, -0.05) is 48.5 Å². The minimum Gasteiger partial charge on any atom is -0.493 e. The van der Waals surface area contributed by atoms with Crippen LogP contribution in [-0.2, 0) is 9.59 Å². The van der Waals surface area contributed by atoms with Gasteiger partial charge in [-0.3, -0.25) is 9.59 Å². The van der Waals surface area contributed by atoms with Gasteiger partial charge < -0.3 is 9.47 Å². The number of ether oxygens (including phenoxy) is 2. The fourth-order valence-electron chi connectivity index (χ4n) is 5.91. The lowest BCUT2D eigenvalue weighted by Crippen LogP contribution is -2.41. The highest BCUT2D eigenvalue weighted by atomic mass is 79.9. The Balaban J connectivity index is 1.40. The van der Waals surface area contributed by atoms with Crippen molar-refractivity contribution in [2.24, 2.45) is 16.9 Å². The molecule has 7 heteroatoms. The highest BCUT2D eigenvalue weighted by Crippen LogP contribution is 2.60. The number of methoxy groups -OCH3 is 2. The molecule has 1 aliphatic heterocycles. The van der Waals surface area contributed by atoms with E-state index in [1.54, 1.807) is 26.4 Å². The Bertz CT molecular complexity index is 1270. The number of imide groups is 1. The molecule has 34 heavy (non-hydrogen) atoms. The molecule has 6 nitrogen and oxygen atoms in total. The van der Waals surface area contributed by atoms with Crippen molar-refractivity contribution in [1.29, 1.82) is 0 Å². The fourth-order valence-corrected chi connectivity index (χ4v) is 6.53. The fraction of sp³-hybridized carbons (Fsp3) is 0.222. The number of carbonyl (C=O) groups is 2. The van der Waals surface area contributed by atoms with E-state index < -0.39 is 11.8 Å². The minimum absolute atomic E-state index is 0.144. The summed E-state index contributed by atoms with van der Waals surface area (Å²) in [5.74, 6) is -0.590. The Hall–Kier alpha value is -3.45. The summed E-state index contributed by atoms with van der Waals surface area (Å²) >= 11 is 3.47. The van der Waals surface area contributed by atoms with Crippen molar-refractivity contribution in [3.8, 4) is 11.5 Å². The normalized spacial score (nSPS) is 24.3. The number of halogens is 1. The van der Waals surface area contributed by atoms with Crippen LogP contribution in [0.1, 0.15) is 39.7 Å². The number of rotatable bonds is 4. The summed E-state index contributed by atoms with van der Waals surface area (Å²) in [5, 5.41) is 5.43. The zero-order valence-electron chi connectivity index (χ0n) is 18.6. The summed E-state index contributed by atoms with van der Waals surface area (Å²) in [6.07, 6.45) is 1.52. The van der Waals surface area contributed by atoms with Crippen molar-refractivity contribution in [2.75, 3.05) is 14.2 Å². The highest BCUT2D eigenvalue weighted by molar-refractivity contribution is 9.10. The van der Waals surface area contributed by atoms with Gasteiger partial charge in [-0.05, 0) is 55.9 Å². The van der Waals surface area contributed by atoms with Gasteiger partial charge in [0.2, 0.25) is 0 Å². The van der Waals surface area contributed by atoms with Crippen LogP contribution in [0.3, 0.4) is 0 Å². The first-order valence-corrected chi connectivity index (χ1v) is 11.9. The van der Waals surface area contributed by atoms with Crippen LogP contribution in [-0.4, -0.2) is 37.3 Å². The van der Waals surface area contributed by atoms with Crippen molar-refractivity contribution < 1.29 is 19.1 Å². The Morgan fingerprint density at radius 2 is 1.32 bits per heavy atom. The maximum atomic E-state index is 13.6. The van der Waals surface area contributed by atoms with Gasteiger partial charge in [0.15, 0.2) is 11.5 Å². The second-order valence-corrected chi connectivity index (χ2v) is 9.59. The Morgan fingerprint density at radius 1 is 0.824 bits per heavy atom. The standard InChI is InChI=1S/C27H21BrN2O4/c1-33-20-12-14(11-19(28)25(20)34-2)13-29-30-26(31)23-21-15-7-3-4-8-16(15)22(24(23)27(30)32)18-10-6-5-9-17(18)21/h3-13,21-24H,1-2H3/b29-13-/t21?,22?,23-,24-/m0/s1. The largest absolute Gasteiger partial charge is 0.493 e. The number of hydrazone groups is 1. The zero-order valence-corrected chi connectivity index (χ0v) is 20.2. The van der Waals surface area contributed by atoms with Gasteiger partial charge in [-0.25, -0.2) is 0 Å². The second kappa shape index (κ2) is 7.81. The van der Waals surface area contributed by atoms with E-state index in [0.29, 0.717) is 21.5 Å². The number of amides is 2. The molecule has 7 rings (SSSR count). The SMILES string of the molecule is COc1cc(/C=N\N2C(=O)[C@H]3C4c5ccccc5C(c5ccccc54)[C@@H]3C2=O)cc(Br)c1OC. The van der Waals surface area contributed by atoms with Crippen LogP contribution < -0.4 is 9.47 Å². The van der Waals surface area contributed by atoms with E-state index in [-0.39, 0.29) is 23.7 Å². The molecule has 0 radical (unpaired) electrons. The molecule has 0 saturated carbocycles. The molecule has 1 heterocycles.